The first-order valence-corrected chi connectivity index (χ1v) is 9.06. The van der Waals surface area contributed by atoms with E-state index in [1.807, 2.05) is 0 Å². The van der Waals surface area contributed by atoms with Crippen molar-refractivity contribution >= 4 is 15.8 Å². The average molecular weight is 304 g/mol. The second kappa shape index (κ2) is 6.41. The molecule has 20 heavy (non-hydrogen) atoms. The van der Waals surface area contributed by atoms with E-state index in [2.05, 4.69) is 16.8 Å². The first kappa shape index (κ1) is 15.7. The second-order valence-corrected chi connectivity index (χ2v) is 8.22. The molecular formula is C13H24N2O4S. The molecule has 7 heteroatoms. The molecule has 0 bridgehead atoms. The fourth-order valence-electron chi connectivity index (χ4n) is 3.31. The van der Waals surface area contributed by atoms with Gasteiger partial charge in [0.2, 0.25) is 0 Å². The highest BCUT2D eigenvalue weighted by molar-refractivity contribution is 7.91. The van der Waals surface area contributed by atoms with Crippen molar-refractivity contribution in [3.8, 4) is 0 Å². The Hall–Kier alpha value is -0.660. The van der Waals surface area contributed by atoms with Crippen LogP contribution in [0.25, 0.3) is 0 Å². The minimum Gasteiger partial charge on any atom is -0.481 e. The molecule has 2 aliphatic heterocycles. The van der Waals surface area contributed by atoms with Crippen LogP contribution >= 0.6 is 0 Å². The highest BCUT2D eigenvalue weighted by atomic mass is 32.2. The smallest absolute Gasteiger partial charge is 0.304 e. The highest BCUT2D eigenvalue weighted by Gasteiger charge is 2.36. The largest absolute Gasteiger partial charge is 0.481 e. The summed E-state index contributed by atoms with van der Waals surface area (Å²) in [6.45, 7) is 2.54. The molecule has 0 amide bonds. The van der Waals surface area contributed by atoms with Crippen molar-refractivity contribution in [2.24, 2.45) is 0 Å². The van der Waals surface area contributed by atoms with Crippen LogP contribution in [0.15, 0.2) is 0 Å². The molecule has 1 N–H and O–H groups in total. The number of likely N-dealkylation sites (tertiary alicyclic amines) is 1. The number of aliphatic carboxylic acids is 1. The number of carboxylic acids is 1. The minimum absolute atomic E-state index is 0.00829. The normalized spacial score (nSPS) is 32.6. The molecule has 0 spiro atoms. The van der Waals surface area contributed by atoms with Gasteiger partial charge in [0, 0.05) is 18.6 Å². The topological polar surface area (TPSA) is 77.9 Å². The van der Waals surface area contributed by atoms with E-state index in [1.165, 1.54) is 0 Å². The van der Waals surface area contributed by atoms with E-state index >= 15 is 0 Å². The van der Waals surface area contributed by atoms with Crippen molar-refractivity contribution in [1.82, 2.24) is 9.80 Å². The van der Waals surface area contributed by atoms with Gasteiger partial charge in [-0.05, 0) is 39.4 Å². The molecule has 2 unspecified atom stereocenters. The third-order valence-corrected chi connectivity index (χ3v) is 6.07. The fraction of sp³-hybridized carbons (Fsp3) is 0.923. The standard InChI is InChI=1S/C13H24N2O4S/c1-14-5-2-3-11(4-6-14)15-7-8-20(18,19)10-12(15)9-13(16)17/h11-12H,2-10H2,1H3,(H,16,17). The molecule has 116 valence electrons. The first-order valence-electron chi connectivity index (χ1n) is 7.24. The Morgan fingerprint density at radius 1 is 1.25 bits per heavy atom. The lowest BCUT2D eigenvalue weighted by atomic mass is 10.0. The van der Waals surface area contributed by atoms with Gasteiger partial charge in [0.1, 0.15) is 0 Å². The van der Waals surface area contributed by atoms with E-state index in [4.69, 9.17) is 5.11 Å². The summed E-state index contributed by atoms with van der Waals surface area (Å²) < 4.78 is 23.5. The Morgan fingerprint density at radius 2 is 2.00 bits per heavy atom. The molecule has 2 rings (SSSR count). The van der Waals surface area contributed by atoms with Crippen LogP contribution in [0.5, 0.6) is 0 Å². The number of nitrogens with zero attached hydrogens (tertiary/aromatic N) is 2. The molecule has 0 aromatic carbocycles. The summed E-state index contributed by atoms with van der Waals surface area (Å²) in [5.41, 5.74) is 0. The monoisotopic (exact) mass is 304 g/mol. The maximum atomic E-state index is 11.8. The Balaban J connectivity index is 2.08. The zero-order valence-corrected chi connectivity index (χ0v) is 12.8. The summed E-state index contributed by atoms with van der Waals surface area (Å²) in [5.74, 6) is -0.760. The number of hydrogen-bond donors (Lipinski definition) is 1. The molecular weight excluding hydrogens is 280 g/mol. The van der Waals surface area contributed by atoms with Gasteiger partial charge in [0.15, 0.2) is 9.84 Å². The summed E-state index contributed by atoms with van der Waals surface area (Å²) in [6, 6.07) is -0.0422. The molecule has 0 aliphatic carbocycles. The van der Waals surface area contributed by atoms with Gasteiger partial charge >= 0.3 is 5.97 Å². The third kappa shape index (κ3) is 4.17. The molecule has 2 heterocycles. The lowest BCUT2D eigenvalue weighted by Gasteiger charge is -2.40. The van der Waals surface area contributed by atoms with E-state index < -0.39 is 15.8 Å². The molecule has 0 saturated carbocycles. The molecule has 0 aromatic heterocycles. The molecule has 2 atom stereocenters. The molecule has 2 aliphatic rings. The zero-order valence-electron chi connectivity index (χ0n) is 12.0. The van der Waals surface area contributed by atoms with Crippen molar-refractivity contribution in [3.05, 3.63) is 0 Å². The van der Waals surface area contributed by atoms with Gasteiger partial charge in [-0.15, -0.1) is 0 Å². The zero-order chi connectivity index (χ0) is 14.8. The van der Waals surface area contributed by atoms with Crippen LogP contribution in [0.1, 0.15) is 25.7 Å². The van der Waals surface area contributed by atoms with Crippen LogP contribution in [0.2, 0.25) is 0 Å². The SMILES string of the molecule is CN1CCCC(N2CCS(=O)(=O)CC2CC(=O)O)CC1. The highest BCUT2D eigenvalue weighted by Crippen LogP contribution is 2.24. The first-order chi connectivity index (χ1) is 9.37. The minimum atomic E-state index is -3.08. The maximum absolute atomic E-state index is 11.8. The van der Waals surface area contributed by atoms with Crippen LogP contribution in [0.4, 0.5) is 0 Å². The van der Waals surface area contributed by atoms with Gasteiger partial charge in [0.05, 0.1) is 17.9 Å². The third-order valence-electron chi connectivity index (χ3n) is 4.38. The van der Waals surface area contributed by atoms with E-state index in [0.717, 1.165) is 32.4 Å². The fourth-order valence-corrected chi connectivity index (χ4v) is 4.86. The van der Waals surface area contributed by atoms with Crippen LogP contribution in [0, 0.1) is 0 Å². The van der Waals surface area contributed by atoms with Crippen LogP contribution < -0.4 is 0 Å². The van der Waals surface area contributed by atoms with E-state index in [9.17, 15) is 13.2 Å². The Kier molecular flexibility index (Phi) is 5.04. The van der Waals surface area contributed by atoms with Crippen molar-refractivity contribution in [3.63, 3.8) is 0 Å². The average Bonchev–Trinajstić information content (AvgIpc) is 2.52. The predicted molar refractivity (Wildman–Crippen MR) is 76.5 cm³/mol. The summed E-state index contributed by atoms with van der Waals surface area (Å²) in [7, 11) is -0.989. The number of sulfone groups is 1. The van der Waals surface area contributed by atoms with E-state index in [-0.39, 0.29) is 24.0 Å². The van der Waals surface area contributed by atoms with Gasteiger partial charge in [-0.25, -0.2) is 8.42 Å². The number of carbonyl (C=O) groups is 1. The number of rotatable bonds is 3. The van der Waals surface area contributed by atoms with Crippen molar-refractivity contribution in [2.45, 2.75) is 37.8 Å². The molecule has 0 aromatic rings. The quantitative estimate of drug-likeness (QED) is 0.793. The van der Waals surface area contributed by atoms with E-state index in [0.29, 0.717) is 12.6 Å². The maximum Gasteiger partial charge on any atom is 0.304 e. The van der Waals surface area contributed by atoms with Gasteiger partial charge < -0.3 is 10.0 Å². The van der Waals surface area contributed by atoms with Crippen molar-refractivity contribution in [1.29, 1.82) is 0 Å². The number of carboxylic acid groups (broad SMARTS) is 1. The van der Waals surface area contributed by atoms with E-state index in [1.54, 1.807) is 0 Å². The summed E-state index contributed by atoms with van der Waals surface area (Å²) in [6.07, 6.45) is 3.03. The van der Waals surface area contributed by atoms with Crippen molar-refractivity contribution in [2.75, 3.05) is 38.2 Å². The number of hydrogen-bond acceptors (Lipinski definition) is 5. The predicted octanol–water partition coefficient (Wildman–Crippen LogP) is 0.0444. The van der Waals surface area contributed by atoms with Crippen LogP contribution in [-0.4, -0.2) is 79.6 Å². The van der Waals surface area contributed by atoms with Crippen LogP contribution in [-0.2, 0) is 14.6 Å². The van der Waals surface area contributed by atoms with Crippen LogP contribution in [0.3, 0.4) is 0 Å². The summed E-state index contributed by atoms with van der Waals surface area (Å²) in [5, 5.41) is 9.02. The Labute approximate surface area is 120 Å². The van der Waals surface area contributed by atoms with Gasteiger partial charge in [-0.3, -0.25) is 9.69 Å². The van der Waals surface area contributed by atoms with Gasteiger partial charge in [-0.1, -0.05) is 0 Å². The Morgan fingerprint density at radius 3 is 2.70 bits per heavy atom. The molecule has 6 nitrogen and oxygen atoms in total. The summed E-state index contributed by atoms with van der Waals surface area (Å²) >= 11 is 0. The lowest BCUT2D eigenvalue weighted by Crippen LogP contribution is -2.53. The van der Waals surface area contributed by atoms with Gasteiger partial charge in [0.25, 0.3) is 0 Å². The Bertz CT molecular complexity index is 451. The molecule has 2 saturated heterocycles. The lowest BCUT2D eigenvalue weighted by molar-refractivity contribution is -0.138. The van der Waals surface area contributed by atoms with Gasteiger partial charge in [-0.2, -0.15) is 0 Å². The van der Waals surface area contributed by atoms with Crippen molar-refractivity contribution < 1.29 is 18.3 Å². The summed E-state index contributed by atoms with van der Waals surface area (Å²) in [4.78, 5) is 15.4. The molecule has 0 radical (unpaired) electrons. The molecule has 2 fully saturated rings. The second-order valence-electron chi connectivity index (χ2n) is 5.99.